The van der Waals surface area contributed by atoms with E-state index >= 15 is 0 Å². The first kappa shape index (κ1) is 35.6. The van der Waals surface area contributed by atoms with Crippen LogP contribution in [0.3, 0.4) is 0 Å². The standard InChI is InChI=1S/C34H65N3O5S/c1-22(2)31(42-43(39,40)41)12-9-23(3)28-10-11-29-33-27(13-14-34(28,29)5)32-24(4)19-26(20-25(32)21-30(33)38)37-18-8-17-36-16-7-6-15-35/h22-33,36-38H,6-21,35H2,1-5H3,(H,39,40,41)/t23-,24?,25?,26+,27?,28?,29?,30?,31-,32?,33?,34-/m1/s1. The van der Waals surface area contributed by atoms with Crippen LogP contribution in [0.5, 0.6) is 0 Å². The maximum atomic E-state index is 11.7. The first-order valence-electron chi connectivity index (χ1n) is 17.8. The summed E-state index contributed by atoms with van der Waals surface area (Å²) in [6, 6.07) is 0.572. The van der Waals surface area contributed by atoms with Crippen LogP contribution < -0.4 is 16.4 Å². The Hall–Kier alpha value is -0.290. The fourth-order valence-corrected chi connectivity index (χ4v) is 11.5. The SMILES string of the molecule is CC1C[C@H](NCCCNCCCCN)CC2CC(O)C3C(CC[C@@]4(C)C3CCC4[C@H](C)CC[C@@H](OS(=O)(=O)O)C(C)C)C12. The Kier molecular flexibility index (Phi) is 12.8. The first-order chi connectivity index (χ1) is 20.4. The average molecular weight is 628 g/mol. The van der Waals surface area contributed by atoms with Crippen LogP contribution in [0.2, 0.25) is 0 Å². The van der Waals surface area contributed by atoms with Crippen molar-refractivity contribution < 1.29 is 22.3 Å². The van der Waals surface area contributed by atoms with Gasteiger partial charge in [0.15, 0.2) is 0 Å². The molecule has 12 atom stereocenters. The van der Waals surface area contributed by atoms with E-state index < -0.39 is 16.5 Å². The Balaban J connectivity index is 1.31. The van der Waals surface area contributed by atoms with E-state index in [9.17, 15) is 18.1 Å². The molecule has 0 heterocycles. The number of aliphatic hydroxyl groups is 1. The highest BCUT2D eigenvalue weighted by Gasteiger charge is 2.60. The molecule has 6 N–H and O–H groups in total. The zero-order chi connectivity index (χ0) is 31.4. The lowest BCUT2D eigenvalue weighted by Crippen LogP contribution is -2.57. The summed E-state index contributed by atoms with van der Waals surface area (Å²) in [7, 11) is -4.45. The molecule has 8 unspecified atom stereocenters. The third-order valence-electron chi connectivity index (χ3n) is 12.7. The minimum atomic E-state index is -4.45. The Morgan fingerprint density at radius 3 is 2.42 bits per heavy atom. The Morgan fingerprint density at radius 1 is 0.977 bits per heavy atom. The number of fused-ring (bicyclic) bond motifs is 5. The van der Waals surface area contributed by atoms with E-state index in [1.807, 2.05) is 13.8 Å². The summed E-state index contributed by atoms with van der Waals surface area (Å²) >= 11 is 0. The van der Waals surface area contributed by atoms with Crippen LogP contribution >= 0.6 is 0 Å². The zero-order valence-corrected chi connectivity index (χ0v) is 28.7. The third-order valence-corrected chi connectivity index (χ3v) is 13.2. The second-order valence-corrected chi connectivity index (χ2v) is 16.8. The molecular formula is C34H65N3O5S. The number of hydrogen-bond donors (Lipinski definition) is 5. The van der Waals surface area contributed by atoms with Crippen molar-refractivity contribution in [1.82, 2.24) is 10.6 Å². The molecular weight excluding hydrogens is 562 g/mol. The molecule has 9 heteroatoms. The van der Waals surface area contributed by atoms with Crippen LogP contribution in [0.4, 0.5) is 0 Å². The lowest BCUT2D eigenvalue weighted by molar-refractivity contribution is -0.141. The molecule has 4 aliphatic rings. The van der Waals surface area contributed by atoms with Crippen LogP contribution in [0.25, 0.3) is 0 Å². The zero-order valence-electron chi connectivity index (χ0n) is 27.8. The largest absolute Gasteiger partial charge is 0.397 e. The Bertz CT molecular complexity index is 966. The van der Waals surface area contributed by atoms with E-state index in [2.05, 4.69) is 31.4 Å². The molecule has 0 radical (unpaired) electrons. The van der Waals surface area contributed by atoms with E-state index in [0.717, 1.165) is 64.2 Å². The molecule has 4 aliphatic carbocycles. The van der Waals surface area contributed by atoms with Gasteiger partial charge in [-0.05, 0) is 162 Å². The lowest BCUT2D eigenvalue weighted by atomic mass is 9.47. The van der Waals surface area contributed by atoms with Crippen molar-refractivity contribution in [2.75, 3.05) is 26.2 Å². The maximum Gasteiger partial charge on any atom is 0.397 e. The third kappa shape index (κ3) is 8.75. The van der Waals surface area contributed by atoms with Gasteiger partial charge in [0.1, 0.15) is 0 Å². The van der Waals surface area contributed by atoms with Crippen LogP contribution in [0, 0.1) is 58.7 Å². The molecule has 0 aromatic heterocycles. The summed E-state index contributed by atoms with van der Waals surface area (Å²) in [6.07, 6.45) is 12.6. The molecule has 0 bridgehead atoms. The predicted octanol–water partition coefficient (Wildman–Crippen LogP) is 5.41. The predicted molar refractivity (Wildman–Crippen MR) is 174 cm³/mol. The van der Waals surface area contributed by atoms with Crippen molar-refractivity contribution in [2.45, 2.75) is 130 Å². The quantitative estimate of drug-likeness (QED) is 0.113. The molecule has 0 aromatic carbocycles. The van der Waals surface area contributed by atoms with Gasteiger partial charge >= 0.3 is 10.4 Å². The fraction of sp³-hybridized carbons (Fsp3) is 1.00. The van der Waals surface area contributed by atoms with Crippen LogP contribution in [-0.4, -0.2) is 62.5 Å². The van der Waals surface area contributed by atoms with Gasteiger partial charge in [0.05, 0.1) is 12.2 Å². The second-order valence-electron chi connectivity index (χ2n) is 15.8. The van der Waals surface area contributed by atoms with Gasteiger partial charge in [0.25, 0.3) is 0 Å². The van der Waals surface area contributed by atoms with Crippen LogP contribution in [0.1, 0.15) is 112 Å². The van der Waals surface area contributed by atoms with E-state index in [1.165, 1.54) is 38.5 Å². The van der Waals surface area contributed by atoms with Gasteiger partial charge in [0, 0.05) is 6.04 Å². The number of rotatable bonds is 16. The van der Waals surface area contributed by atoms with Crippen LogP contribution in [0.15, 0.2) is 0 Å². The average Bonchev–Trinajstić information content (AvgIpc) is 3.28. The lowest BCUT2D eigenvalue weighted by Gasteiger charge is -2.59. The van der Waals surface area contributed by atoms with Crippen molar-refractivity contribution in [1.29, 1.82) is 0 Å². The summed E-state index contributed by atoms with van der Waals surface area (Å²) in [5.74, 6) is 4.74. The van der Waals surface area contributed by atoms with Crippen LogP contribution in [-0.2, 0) is 14.6 Å². The topological polar surface area (TPSA) is 134 Å². The van der Waals surface area contributed by atoms with Crippen molar-refractivity contribution in [3.8, 4) is 0 Å². The summed E-state index contributed by atoms with van der Waals surface area (Å²) in [4.78, 5) is 0. The summed E-state index contributed by atoms with van der Waals surface area (Å²) in [5, 5.41) is 19.2. The van der Waals surface area contributed by atoms with E-state index in [0.29, 0.717) is 53.9 Å². The van der Waals surface area contributed by atoms with Gasteiger partial charge in [-0.15, -0.1) is 0 Å². The first-order valence-corrected chi connectivity index (χ1v) is 19.2. The van der Waals surface area contributed by atoms with Gasteiger partial charge in [-0.1, -0.05) is 34.6 Å². The van der Waals surface area contributed by atoms with Crippen molar-refractivity contribution >= 4 is 10.4 Å². The molecule has 4 fully saturated rings. The molecule has 0 aromatic rings. The van der Waals surface area contributed by atoms with Gasteiger partial charge in [-0.3, -0.25) is 4.55 Å². The normalized spacial score (nSPS) is 39.2. The van der Waals surface area contributed by atoms with Gasteiger partial charge in [-0.2, -0.15) is 8.42 Å². The van der Waals surface area contributed by atoms with Crippen molar-refractivity contribution in [3.63, 3.8) is 0 Å². The Labute approximate surface area is 263 Å². The molecule has 8 nitrogen and oxygen atoms in total. The highest BCUT2D eigenvalue weighted by molar-refractivity contribution is 7.80. The molecule has 43 heavy (non-hydrogen) atoms. The van der Waals surface area contributed by atoms with Crippen molar-refractivity contribution in [3.05, 3.63) is 0 Å². The minimum Gasteiger partial charge on any atom is -0.393 e. The Morgan fingerprint density at radius 2 is 1.72 bits per heavy atom. The summed E-state index contributed by atoms with van der Waals surface area (Å²) in [6.45, 7) is 15.2. The molecule has 4 rings (SSSR count). The van der Waals surface area contributed by atoms with E-state index in [-0.39, 0.29) is 17.4 Å². The number of hydrogen-bond acceptors (Lipinski definition) is 7. The van der Waals surface area contributed by atoms with Crippen molar-refractivity contribution in [2.24, 2.45) is 64.4 Å². The molecule has 4 saturated carbocycles. The highest BCUT2D eigenvalue weighted by atomic mass is 32.3. The van der Waals surface area contributed by atoms with Gasteiger partial charge in [-0.25, -0.2) is 4.18 Å². The van der Waals surface area contributed by atoms with E-state index in [1.54, 1.807) is 0 Å². The number of unbranched alkanes of at least 4 members (excludes halogenated alkanes) is 1. The van der Waals surface area contributed by atoms with Gasteiger partial charge < -0.3 is 21.5 Å². The number of nitrogens with two attached hydrogens (primary N) is 1. The molecule has 0 spiro atoms. The smallest absolute Gasteiger partial charge is 0.393 e. The summed E-state index contributed by atoms with van der Waals surface area (Å²) < 4.78 is 37.1. The maximum absolute atomic E-state index is 11.7. The molecule has 252 valence electrons. The highest BCUT2D eigenvalue weighted by Crippen LogP contribution is 2.66. The summed E-state index contributed by atoms with van der Waals surface area (Å²) in [5.41, 5.74) is 5.81. The number of nitrogens with one attached hydrogen (secondary N) is 2. The van der Waals surface area contributed by atoms with Gasteiger partial charge in [0.2, 0.25) is 0 Å². The monoisotopic (exact) mass is 627 g/mol. The molecule has 0 amide bonds. The number of aliphatic hydroxyl groups excluding tert-OH is 1. The second kappa shape index (κ2) is 15.5. The fourth-order valence-electron chi connectivity index (χ4n) is 10.9. The minimum absolute atomic E-state index is 0.0164. The molecule has 0 aliphatic heterocycles. The molecule has 0 saturated heterocycles. The van der Waals surface area contributed by atoms with E-state index in [4.69, 9.17) is 9.92 Å².